The fourth-order valence-electron chi connectivity index (χ4n) is 1.14. The third kappa shape index (κ3) is 5.16. The molecule has 19 heavy (non-hydrogen) atoms. The van der Waals surface area contributed by atoms with E-state index in [4.69, 9.17) is 4.74 Å². The van der Waals surface area contributed by atoms with Crippen molar-refractivity contribution in [3.05, 3.63) is 30.1 Å². The van der Waals surface area contributed by atoms with Gasteiger partial charge in [0.05, 0.1) is 19.9 Å². The van der Waals surface area contributed by atoms with Gasteiger partial charge in [0.2, 0.25) is 0 Å². The van der Waals surface area contributed by atoms with Crippen LogP contribution in [-0.4, -0.2) is 54.4 Å². The molecule has 0 bridgehead atoms. The molecule has 0 radical (unpaired) electrons. The SMILES string of the molecule is CCOC(=O)C(=O)C=C(O)c1cncc(OC)c1.[LiH]. The number of ether oxygens (including phenoxy) is 2. The molecule has 0 aromatic carbocycles. The van der Waals surface area contributed by atoms with Crippen molar-refractivity contribution in [1.82, 2.24) is 4.98 Å². The van der Waals surface area contributed by atoms with Crippen molar-refractivity contribution in [3.8, 4) is 5.75 Å². The van der Waals surface area contributed by atoms with Crippen LogP contribution in [0.5, 0.6) is 5.75 Å². The number of hydrogen-bond acceptors (Lipinski definition) is 6. The van der Waals surface area contributed by atoms with Crippen molar-refractivity contribution in [2.45, 2.75) is 6.92 Å². The number of carbonyl (C=O) groups excluding carboxylic acids is 2. The van der Waals surface area contributed by atoms with E-state index in [1.54, 1.807) is 6.92 Å². The molecule has 0 fully saturated rings. The molecular weight excluding hydrogens is 245 g/mol. The first kappa shape index (κ1) is 17.2. The van der Waals surface area contributed by atoms with Gasteiger partial charge in [-0.05, 0) is 13.0 Å². The van der Waals surface area contributed by atoms with Gasteiger partial charge in [-0.25, -0.2) is 4.79 Å². The van der Waals surface area contributed by atoms with Gasteiger partial charge in [-0.2, -0.15) is 0 Å². The molecule has 0 atom stereocenters. The van der Waals surface area contributed by atoms with Crippen molar-refractivity contribution < 1.29 is 24.2 Å². The molecule has 1 rings (SSSR count). The first-order valence-electron chi connectivity index (χ1n) is 5.19. The molecule has 6 nitrogen and oxygen atoms in total. The monoisotopic (exact) mass is 259 g/mol. The van der Waals surface area contributed by atoms with E-state index in [0.717, 1.165) is 6.08 Å². The molecule has 0 saturated heterocycles. The van der Waals surface area contributed by atoms with E-state index in [1.807, 2.05) is 0 Å². The zero-order chi connectivity index (χ0) is 13.5. The van der Waals surface area contributed by atoms with Gasteiger partial charge in [-0.1, -0.05) is 0 Å². The van der Waals surface area contributed by atoms with E-state index in [1.165, 1.54) is 25.6 Å². The van der Waals surface area contributed by atoms with Crippen LogP contribution in [0.15, 0.2) is 24.5 Å². The predicted molar refractivity (Wildman–Crippen MR) is 70.2 cm³/mol. The van der Waals surface area contributed by atoms with Gasteiger partial charge in [0.25, 0.3) is 5.78 Å². The zero-order valence-electron chi connectivity index (χ0n) is 10.0. The van der Waals surface area contributed by atoms with Crippen LogP contribution in [0, 0.1) is 0 Å². The normalized spacial score (nSPS) is 10.3. The molecule has 7 heteroatoms. The maximum atomic E-state index is 11.3. The number of methoxy groups -OCH3 is 1. The Bertz CT molecular complexity index is 487. The Hall–Kier alpha value is -1.77. The van der Waals surface area contributed by atoms with Gasteiger partial charge in [0, 0.05) is 17.8 Å². The average molecular weight is 259 g/mol. The molecule has 0 spiro atoms. The van der Waals surface area contributed by atoms with E-state index >= 15 is 0 Å². The topological polar surface area (TPSA) is 85.7 Å². The standard InChI is InChI=1S/C12H13NO5.Li.H/c1-3-18-12(16)11(15)5-10(14)8-4-9(17-2)7-13-6-8;;/h4-7,14H,3H2,1-2H3;;. The fourth-order valence-corrected chi connectivity index (χ4v) is 1.14. The van der Waals surface area contributed by atoms with E-state index in [9.17, 15) is 14.7 Å². The summed E-state index contributed by atoms with van der Waals surface area (Å²) in [4.78, 5) is 26.2. The summed E-state index contributed by atoms with van der Waals surface area (Å²) >= 11 is 0. The third-order valence-corrected chi connectivity index (χ3v) is 1.99. The molecule has 0 unspecified atom stereocenters. The predicted octanol–water partition coefficient (Wildman–Crippen LogP) is 0.473. The van der Waals surface area contributed by atoms with E-state index in [-0.39, 0.29) is 36.8 Å². The quantitative estimate of drug-likeness (QED) is 0.272. The number of aliphatic hydroxyl groups is 1. The molecule has 1 aromatic heterocycles. The number of ketones is 1. The van der Waals surface area contributed by atoms with Gasteiger partial charge in [0.15, 0.2) is 0 Å². The molecule has 0 saturated carbocycles. The molecule has 0 amide bonds. The van der Waals surface area contributed by atoms with Crippen LogP contribution in [0.25, 0.3) is 5.76 Å². The number of pyridine rings is 1. The van der Waals surface area contributed by atoms with Gasteiger partial charge in [-0.3, -0.25) is 9.78 Å². The second-order valence-electron chi connectivity index (χ2n) is 3.23. The van der Waals surface area contributed by atoms with Crippen molar-refractivity contribution in [2.24, 2.45) is 0 Å². The molecular formula is C12H14LiNO5. The number of nitrogens with zero attached hydrogens (tertiary/aromatic N) is 1. The summed E-state index contributed by atoms with van der Waals surface area (Å²) in [6.45, 7) is 1.68. The minimum atomic E-state index is -1.01. The molecule has 1 heterocycles. The Kier molecular flexibility index (Phi) is 7.57. The van der Waals surface area contributed by atoms with Gasteiger partial charge in [0.1, 0.15) is 11.5 Å². The first-order valence-corrected chi connectivity index (χ1v) is 5.19. The number of aliphatic hydroxyl groups excluding tert-OH is 1. The van der Waals surface area contributed by atoms with Crippen LogP contribution in [0.1, 0.15) is 12.5 Å². The maximum absolute atomic E-state index is 11.3. The number of aromatic nitrogens is 1. The molecule has 0 aliphatic rings. The van der Waals surface area contributed by atoms with Gasteiger partial charge >= 0.3 is 24.8 Å². The van der Waals surface area contributed by atoms with E-state index in [0.29, 0.717) is 5.75 Å². The van der Waals surface area contributed by atoms with Gasteiger partial charge in [-0.15, -0.1) is 0 Å². The summed E-state index contributed by atoms with van der Waals surface area (Å²) in [5.74, 6) is -1.90. The Morgan fingerprint density at radius 3 is 2.68 bits per heavy atom. The van der Waals surface area contributed by atoms with Crippen LogP contribution in [0.4, 0.5) is 0 Å². The average Bonchev–Trinajstić information content (AvgIpc) is 2.39. The van der Waals surface area contributed by atoms with Crippen molar-refractivity contribution in [1.29, 1.82) is 0 Å². The summed E-state index contributed by atoms with van der Waals surface area (Å²) in [5.41, 5.74) is 0.270. The molecule has 1 aromatic rings. The molecule has 1 N–H and O–H groups in total. The number of carbonyl (C=O) groups is 2. The van der Waals surface area contributed by atoms with Crippen LogP contribution < -0.4 is 4.74 Å². The van der Waals surface area contributed by atoms with Crippen molar-refractivity contribution in [2.75, 3.05) is 13.7 Å². The van der Waals surface area contributed by atoms with Gasteiger partial charge < -0.3 is 14.6 Å². The molecule has 0 aliphatic carbocycles. The van der Waals surface area contributed by atoms with Crippen LogP contribution in [0.3, 0.4) is 0 Å². The van der Waals surface area contributed by atoms with Crippen molar-refractivity contribution >= 4 is 36.4 Å². The number of esters is 1. The molecule has 98 valence electrons. The Morgan fingerprint density at radius 1 is 1.42 bits per heavy atom. The summed E-state index contributed by atoms with van der Waals surface area (Å²) in [6.07, 6.45) is 3.57. The second-order valence-corrected chi connectivity index (χ2v) is 3.23. The summed E-state index contributed by atoms with van der Waals surface area (Å²) in [5, 5.41) is 9.66. The Labute approximate surface area is 122 Å². The van der Waals surface area contributed by atoms with E-state index in [2.05, 4.69) is 9.72 Å². The summed E-state index contributed by atoms with van der Waals surface area (Å²) in [6, 6.07) is 1.48. The first-order chi connectivity index (χ1) is 8.58. The van der Waals surface area contributed by atoms with Crippen LogP contribution >= 0.6 is 0 Å². The number of rotatable bonds is 5. The minimum absolute atomic E-state index is 0. The fraction of sp³-hybridized carbons (Fsp3) is 0.250. The second kappa shape index (κ2) is 8.35. The van der Waals surface area contributed by atoms with Crippen LogP contribution in [-0.2, 0) is 14.3 Å². The Morgan fingerprint density at radius 2 is 2.11 bits per heavy atom. The molecule has 0 aliphatic heterocycles. The Balaban J connectivity index is 0.00000324. The van der Waals surface area contributed by atoms with Crippen molar-refractivity contribution in [3.63, 3.8) is 0 Å². The summed E-state index contributed by atoms with van der Waals surface area (Å²) in [7, 11) is 1.45. The number of hydrogen-bond donors (Lipinski definition) is 1. The van der Waals surface area contributed by atoms with E-state index < -0.39 is 11.8 Å². The third-order valence-electron chi connectivity index (χ3n) is 1.99. The summed E-state index contributed by atoms with van der Waals surface area (Å²) < 4.78 is 9.42. The van der Waals surface area contributed by atoms with Crippen LogP contribution in [0.2, 0.25) is 0 Å². The zero-order valence-corrected chi connectivity index (χ0v) is 10.0.